The van der Waals surface area contributed by atoms with Crippen LogP contribution in [0.1, 0.15) is 37.0 Å². The van der Waals surface area contributed by atoms with Gasteiger partial charge in [-0.15, -0.1) is 0 Å². The number of ether oxygens (including phenoxy) is 1. The molecule has 5 heteroatoms. The Morgan fingerprint density at radius 1 is 1.38 bits per heavy atom. The van der Waals surface area contributed by atoms with Gasteiger partial charge < -0.3 is 15.0 Å². The largest absolute Gasteiger partial charge is 0.478 e. The van der Waals surface area contributed by atoms with Crippen molar-refractivity contribution in [3.05, 3.63) is 23.8 Å². The van der Waals surface area contributed by atoms with Gasteiger partial charge in [-0.1, -0.05) is 6.92 Å². The number of nitrogens with zero attached hydrogens (tertiary/aromatic N) is 1. The zero-order valence-corrected chi connectivity index (χ0v) is 12.8. The highest BCUT2D eigenvalue weighted by Gasteiger charge is 2.32. The molecule has 1 aromatic carbocycles. The van der Waals surface area contributed by atoms with Gasteiger partial charge >= 0.3 is 0 Å². The van der Waals surface area contributed by atoms with E-state index in [2.05, 4.69) is 5.32 Å². The van der Waals surface area contributed by atoms with Crippen LogP contribution >= 0.6 is 0 Å². The van der Waals surface area contributed by atoms with Crippen molar-refractivity contribution in [1.29, 1.82) is 0 Å². The average Bonchev–Trinajstić information content (AvgIpc) is 2.51. The number of carbonyl (C=O) groups excluding carboxylic acids is 2. The van der Waals surface area contributed by atoms with Crippen LogP contribution in [-0.2, 0) is 4.79 Å². The van der Waals surface area contributed by atoms with Crippen LogP contribution in [-0.4, -0.2) is 37.9 Å². The van der Waals surface area contributed by atoms with E-state index in [4.69, 9.17) is 4.74 Å². The fourth-order valence-electron chi connectivity index (χ4n) is 2.46. The molecule has 1 amide bonds. The Hall–Kier alpha value is -1.88. The molecule has 0 aliphatic carbocycles. The number of likely N-dealkylation sites (N-methyl/N-ethyl adjacent to an activating group) is 1. The predicted molar refractivity (Wildman–Crippen MR) is 82.1 cm³/mol. The molecule has 2 rings (SSSR count). The molecule has 0 radical (unpaired) electrons. The minimum absolute atomic E-state index is 0.0349. The smallest absolute Gasteiger partial charge is 0.268 e. The number of anilines is 1. The van der Waals surface area contributed by atoms with Crippen LogP contribution in [0.2, 0.25) is 0 Å². The van der Waals surface area contributed by atoms with Gasteiger partial charge in [0.05, 0.1) is 5.69 Å². The summed E-state index contributed by atoms with van der Waals surface area (Å²) in [6.45, 7) is 5.06. The lowest BCUT2D eigenvalue weighted by atomic mass is 10.0. The number of ketones is 1. The zero-order chi connectivity index (χ0) is 15.4. The molecular formula is C16H22N2O3. The Balaban J connectivity index is 2.32. The molecule has 114 valence electrons. The fraction of sp³-hybridized carbons (Fsp3) is 0.500. The molecule has 0 aromatic heterocycles. The van der Waals surface area contributed by atoms with Crippen molar-refractivity contribution in [2.75, 3.05) is 25.0 Å². The maximum absolute atomic E-state index is 12.3. The number of fused-ring (bicyclic) bond motifs is 1. The number of benzene rings is 1. The summed E-state index contributed by atoms with van der Waals surface area (Å²) >= 11 is 0. The van der Waals surface area contributed by atoms with E-state index in [9.17, 15) is 9.59 Å². The van der Waals surface area contributed by atoms with Gasteiger partial charge in [0.1, 0.15) is 5.75 Å². The molecule has 1 N–H and O–H groups in total. The molecule has 0 saturated carbocycles. The Bertz CT molecular complexity index is 542. The lowest BCUT2D eigenvalue weighted by Gasteiger charge is -2.33. The summed E-state index contributed by atoms with van der Waals surface area (Å²) in [5, 5.41) is 2.96. The number of carbonyl (C=O) groups is 2. The Morgan fingerprint density at radius 2 is 2.14 bits per heavy atom. The van der Waals surface area contributed by atoms with Crippen LogP contribution in [0.5, 0.6) is 5.75 Å². The molecule has 1 unspecified atom stereocenters. The predicted octanol–water partition coefficient (Wildman–Crippen LogP) is 2.00. The van der Waals surface area contributed by atoms with E-state index in [-0.39, 0.29) is 11.7 Å². The summed E-state index contributed by atoms with van der Waals surface area (Å²) in [7, 11) is 1.82. The molecule has 1 heterocycles. The molecule has 0 fully saturated rings. The van der Waals surface area contributed by atoms with E-state index >= 15 is 0 Å². The van der Waals surface area contributed by atoms with Gasteiger partial charge in [0.15, 0.2) is 11.9 Å². The lowest BCUT2D eigenvalue weighted by Crippen LogP contribution is -2.45. The van der Waals surface area contributed by atoms with Crippen molar-refractivity contribution >= 4 is 17.4 Å². The van der Waals surface area contributed by atoms with Crippen molar-refractivity contribution in [2.45, 2.75) is 32.8 Å². The van der Waals surface area contributed by atoms with Crippen molar-refractivity contribution in [3.8, 4) is 5.75 Å². The molecule has 21 heavy (non-hydrogen) atoms. The summed E-state index contributed by atoms with van der Waals surface area (Å²) in [6, 6.07) is 5.33. The van der Waals surface area contributed by atoms with Gasteiger partial charge in [-0.25, -0.2) is 0 Å². The highest BCUT2D eigenvalue weighted by molar-refractivity contribution is 6.03. The highest BCUT2D eigenvalue weighted by atomic mass is 16.5. The number of Topliss-reactive ketones (excluding diaryl/α,β-unsaturated/α-hetero) is 1. The van der Waals surface area contributed by atoms with Crippen molar-refractivity contribution < 1.29 is 14.3 Å². The second-order valence-electron chi connectivity index (χ2n) is 5.06. The fourth-order valence-corrected chi connectivity index (χ4v) is 2.46. The number of nitrogens with one attached hydrogen (secondary N) is 1. The summed E-state index contributed by atoms with van der Waals surface area (Å²) in [6.07, 6.45) is 0.647. The van der Waals surface area contributed by atoms with E-state index in [1.165, 1.54) is 0 Å². The number of rotatable bonds is 6. The van der Waals surface area contributed by atoms with Gasteiger partial charge in [-0.05, 0) is 38.6 Å². The molecular weight excluding hydrogens is 268 g/mol. The van der Waals surface area contributed by atoms with Crippen LogP contribution in [0.3, 0.4) is 0 Å². The standard InChI is InChI=1S/C16H22N2O3/c1-4-14-16(20)18(5-2)12-10-11(6-7-15(12)21-14)13(19)8-9-17-3/h6-7,10,14,17H,4-5,8-9H2,1-3H3. The Morgan fingerprint density at radius 3 is 2.76 bits per heavy atom. The lowest BCUT2D eigenvalue weighted by molar-refractivity contribution is -0.126. The Labute approximate surface area is 125 Å². The maximum Gasteiger partial charge on any atom is 0.268 e. The molecule has 1 aliphatic rings. The molecule has 1 atom stereocenters. The third-order valence-electron chi connectivity index (χ3n) is 3.67. The molecule has 0 saturated heterocycles. The van der Waals surface area contributed by atoms with Gasteiger partial charge in [0, 0.05) is 25.1 Å². The Kier molecular flexibility index (Phi) is 4.96. The minimum Gasteiger partial charge on any atom is -0.478 e. The zero-order valence-electron chi connectivity index (χ0n) is 12.8. The van der Waals surface area contributed by atoms with Crippen LogP contribution in [0, 0.1) is 0 Å². The topological polar surface area (TPSA) is 58.6 Å². The van der Waals surface area contributed by atoms with Crippen molar-refractivity contribution in [1.82, 2.24) is 5.32 Å². The number of hydrogen-bond donors (Lipinski definition) is 1. The van der Waals surface area contributed by atoms with Gasteiger partial charge in [-0.2, -0.15) is 0 Å². The van der Waals surface area contributed by atoms with Crippen LogP contribution < -0.4 is 15.0 Å². The minimum atomic E-state index is -0.428. The van der Waals surface area contributed by atoms with E-state index in [0.29, 0.717) is 42.9 Å². The van der Waals surface area contributed by atoms with Crippen molar-refractivity contribution in [2.24, 2.45) is 0 Å². The second kappa shape index (κ2) is 6.72. The first-order valence-electron chi connectivity index (χ1n) is 7.42. The van der Waals surface area contributed by atoms with Gasteiger partial charge in [0.25, 0.3) is 5.91 Å². The van der Waals surface area contributed by atoms with E-state index in [1.54, 1.807) is 23.1 Å². The molecule has 1 aromatic rings. The number of hydrogen-bond acceptors (Lipinski definition) is 4. The number of amides is 1. The summed E-state index contributed by atoms with van der Waals surface area (Å²) < 4.78 is 5.73. The van der Waals surface area contributed by atoms with E-state index < -0.39 is 6.10 Å². The highest BCUT2D eigenvalue weighted by Crippen LogP contribution is 2.35. The van der Waals surface area contributed by atoms with Crippen LogP contribution in [0.15, 0.2) is 18.2 Å². The van der Waals surface area contributed by atoms with Gasteiger partial charge in [0.2, 0.25) is 0 Å². The summed E-state index contributed by atoms with van der Waals surface area (Å²) in [5.41, 5.74) is 1.32. The first-order chi connectivity index (χ1) is 10.1. The maximum atomic E-state index is 12.3. The second-order valence-corrected chi connectivity index (χ2v) is 5.06. The first kappa shape index (κ1) is 15.5. The van der Waals surface area contributed by atoms with E-state index in [1.807, 2.05) is 20.9 Å². The van der Waals surface area contributed by atoms with E-state index in [0.717, 1.165) is 0 Å². The van der Waals surface area contributed by atoms with Crippen molar-refractivity contribution in [3.63, 3.8) is 0 Å². The van der Waals surface area contributed by atoms with Crippen LogP contribution in [0.4, 0.5) is 5.69 Å². The molecule has 1 aliphatic heterocycles. The average molecular weight is 290 g/mol. The SMILES string of the molecule is CCC1Oc2ccc(C(=O)CCNC)cc2N(CC)C1=O. The molecule has 5 nitrogen and oxygen atoms in total. The first-order valence-corrected chi connectivity index (χ1v) is 7.42. The third-order valence-corrected chi connectivity index (χ3v) is 3.67. The molecule has 0 bridgehead atoms. The summed E-state index contributed by atoms with van der Waals surface area (Å²) in [5.74, 6) is 0.703. The quantitative estimate of drug-likeness (QED) is 0.814. The van der Waals surface area contributed by atoms with Gasteiger partial charge in [-0.3, -0.25) is 9.59 Å². The monoisotopic (exact) mass is 290 g/mol. The third kappa shape index (κ3) is 3.08. The van der Waals surface area contributed by atoms with Crippen LogP contribution in [0.25, 0.3) is 0 Å². The normalized spacial score (nSPS) is 17.4. The summed E-state index contributed by atoms with van der Waals surface area (Å²) in [4.78, 5) is 26.1. The molecule has 0 spiro atoms.